The summed E-state index contributed by atoms with van der Waals surface area (Å²) < 4.78 is 27.2. The highest BCUT2D eigenvalue weighted by Gasteiger charge is 2.36. The minimum Gasteiger partial charge on any atom is -0.369 e. The van der Waals surface area contributed by atoms with Gasteiger partial charge in [-0.3, -0.25) is 9.59 Å². The first kappa shape index (κ1) is 17.1. The summed E-state index contributed by atoms with van der Waals surface area (Å²) in [5.41, 5.74) is 6.80. The van der Waals surface area contributed by atoms with Gasteiger partial charge in [0.25, 0.3) is 0 Å². The first-order valence-electron chi connectivity index (χ1n) is 8.24. The molecular formula is C17H22N2O4S. The van der Waals surface area contributed by atoms with Crippen LogP contribution in [0, 0.1) is 11.8 Å². The van der Waals surface area contributed by atoms with Crippen LogP contribution < -0.4 is 5.73 Å². The largest absolute Gasteiger partial charge is 0.369 e. The number of sulfonamides is 1. The number of aryl methyl sites for hydroxylation is 1. The van der Waals surface area contributed by atoms with Crippen LogP contribution in [-0.2, 0) is 21.2 Å². The van der Waals surface area contributed by atoms with Crippen LogP contribution in [0.1, 0.15) is 42.1 Å². The van der Waals surface area contributed by atoms with E-state index < -0.39 is 21.8 Å². The summed E-state index contributed by atoms with van der Waals surface area (Å²) in [5, 5.41) is 0. The second-order valence-corrected chi connectivity index (χ2v) is 8.80. The minimum absolute atomic E-state index is 0.00433. The summed E-state index contributed by atoms with van der Waals surface area (Å²) in [7, 11) is -3.74. The molecule has 1 heterocycles. The molecule has 1 aromatic carbocycles. The number of carbonyl (C=O) groups is 2. The molecule has 1 aliphatic carbocycles. The number of nitrogens with zero attached hydrogens (tertiary/aromatic N) is 1. The van der Waals surface area contributed by atoms with Crippen molar-refractivity contribution in [3.63, 3.8) is 0 Å². The number of benzene rings is 1. The number of rotatable bonds is 3. The zero-order valence-corrected chi connectivity index (χ0v) is 14.5. The highest BCUT2D eigenvalue weighted by molar-refractivity contribution is 7.89. The summed E-state index contributed by atoms with van der Waals surface area (Å²) in [5.74, 6) is -0.884. The molecule has 1 aliphatic heterocycles. The molecule has 24 heavy (non-hydrogen) atoms. The van der Waals surface area contributed by atoms with Crippen LogP contribution in [0.4, 0.5) is 0 Å². The van der Waals surface area contributed by atoms with Gasteiger partial charge in [-0.25, -0.2) is 8.42 Å². The first-order chi connectivity index (χ1) is 11.3. The summed E-state index contributed by atoms with van der Waals surface area (Å²) in [6.45, 7) is 2.37. The monoisotopic (exact) mass is 350 g/mol. The van der Waals surface area contributed by atoms with E-state index in [-0.39, 0.29) is 23.1 Å². The van der Waals surface area contributed by atoms with Gasteiger partial charge in [0.1, 0.15) is 0 Å². The fourth-order valence-corrected chi connectivity index (χ4v) is 5.25. The summed E-state index contributed by atoms with van der Waals surface area (Å²) in [6.07, 6.45) is 2.67. The molecule has 0 aromatic heterocycles. The number of fused-ring (bicyclic) bond motifs is 1. The van der Waals surface area contributed by atoms with Crippen molar-refractivity contribution in [2.24, 2.45) is 17.6 Å². The number of piperidine rings is 1. The lowest BCUT2D eigenvalue weighted by Crippen LogP contribution is -2.47. The molecule has 1 saturated heterocycles. The summed E-state index contributed by atoms with van der Waals surface area (Å²) in [4.78, 5) is 23.7. The molecule has 1 fully saturated rings. The lowest BCUT2D eigenvalue weighted by atomic mass is 9.91. The fourth-order valence-electron chi connectivity index (χ4n) is 3.62. The van der Waals surface area contributed by atoms with Crippen molar-refractivity contribution in [3.8, 4) is 0 Å². The lowest BCUT2D eigenvalue weighted by Gasteiger charge is -2.34. The Hall–Kier alpha value is -1.73. The standard InChI is InChI=1S/C17H22N2O4S/c1-11-7-13(17(18)21)10-19(9-11)24(22,23)14-6-5-12-3-2-4-16(20)15(12)8-14/h5-6,8,11,13H,2-4,7,9-10H2,1H3,(H2,18,21). The second kappa shape index (κ2) is 6.29. The van der Waals surface area contributed by atoms with Crippen LogP contribution in [0.3, 0.4) is 0 Å². The van der Waals surface area contributed by atoms with E-state index in [1.165, 1.54) is 10.4 Å². The van der Waals surface area contributed by atoms with Crippen LogP contribution in [0.25, 0.3) is 0 Å². The molecule has 3 rings (SSSR count). The number of hydrogen-bond acceptors (Lipinski definition) is 4. The van der Waals surface area contributed by atoms with E-state index >= 15 is 0 Å². The molecule has 2 atom stereocenters. The number of Topliss-reactive ketones (excluding diaryl/α,β-unsaturated/α-hetero) is 1. The maximum absolute atomic E-state index is 13.0. The van der Waals surface area contributed by atoms with E-state index in [9.17, 15) is 18.0 Å². The summed E-state index contributed by atoms with van der Waals surface area (Å²) >= 11 is 0. The Labute approximate surface area is 142 Å². The Balaban J connectivity index is 1.94. The molecule has 2 N–H and O–H groups in total. The van der Waals surface area contributed by atoms with E-state index in [1.807, 2.05) is 6.92 Å². The van der Waals surface area contributed by atoms with Crippen LogP contribution in [0.2, 0.25) is 0 Å². The fraction of sp³-hybridized carbons (Fsp3) is 0.529. The molecule has 0 spiro atoms. The predicted octanol–water partition coefficient (Wildman–Crippen LogP) is 1.34. The second-order valence-electron chi connectivity index (χ2n) is 6.86. The van der Waals surface area contributed by atoms with Gasteiger partial charge >= 0.3 is 0 Å². The number of carbonyl (C=O) groups excluding carboxylic acids is 2. The molecule has 130 valence electrons. The van der Waals surface area contributed by atoms with Crippen molar-refractivity contribution in [2.75, 3.05) is 13.1 Å². The molecule has 2 unspecified atom stereocenters. The average Bonchev–Trinajstić information content (AvgIpc) is 2.54. The van der Waals surface area contributed by atoms with Crippen LogP contribution in [0.5, 0.6) is 0 Å². The zero-order valence-electron chi connectivity index (χ0n) is 13.7. The third-order valence-corrected chi connectivity index (χ3v) is 6.73. The van der Waals surface area contributed by atoms with Crippen LogP contribution in [-0.4, -0.2) is 37.5 Å². The van der Waals surface area contributed by atoms with Gasteiger partial charge in [-0.2, -0.15) is 4.31 Å². The van der Waals surface area contributed by atoms with Crippen molar-refractivity contribution >= 4 is 21.7 Å². The van der Waals surface area contributed by atoms with Gasteiger partial charge in [0, 0.05) is 25.1 Å². The Kier molecular flexibility index (Phi) is 4.48. The highest BCUT2D eigenvalue weighted by atomic mass is 32.2. The number of nitrogens with two attached hydrogens (primary N) is 1. The Morgan fingerprint density at radius 3 is 2.71 bits per heavy atom. The number of ketones is 1. The van der Waals surface area contributed by atoms with Crippen LogP contribution >= 0.6 is 0 Å². The quantitative estimate of drug-likeness (QED) is 0.889. The van der Waals surface area contributed by atoms with Gasteiger partial charge in [-0.1, -0.05) is 13.0 Å². The maximum Gasteiger partial charge on any atom is 0.243 e. The van der Waals surface area contributed by atoms with Gasteiger partial charge in [-0.05, 0) is 42.9 Å². The SMILES string of the molecule is CC1CC(C(N)=O)CN(S(=O)(=O)c2ccc3c(c2)C(=O)CCC3)C1. The van der Waals surface area contributed by atoms with Crippen molar-refractivity contribution in [1.82, 2.24) is 4.31 Å². The van der Waals surface area contributed by atoms with E-state index in [0.717, 1.165) is 18.4 Å². The zero-order chi connectivity index (χ0) is 17.5. The Morgan fingerprint density at radius 2 is 2.00 bits per heavy atom. The molecule has 6 nitrogen and oxygen atoms in total. The molecule has 0 saturated carbocycles. The number of amides is 1. The normalized spacial score (nSPS) is 25.3. The van der Waals surface area contributed by atoms with E-state index in [4.69, 9.17) is 5.73 Å². The Bertz CT molecular complexity index is 788. The third kappa shape index (κ3) is 3.10. The predicted molar refractivity (Wildman–Crippen MR) is 88.9 cm³/mol. The van der Waals surface area contributed by atoms with E-state index in [0.29, 0.717) is 24.9 Å². The van der Waals surface area contributed by atoms with Crippen molar-refractivity contribution < 1.29 is 18.0 Å². The maximum atomic E-state index is 13.0. The molecule has 7 heteroatoms. The number of hydrogen-bond donors (Lipinski definition) is 1. The average molecular weight is 350 g/mol. The van der Waals surface area contributed by atoms with E-state index in [2.05, 4.69) is 0 Å². The smallest absolute Gasteiger partial charge is 0.243 e. The van der Waals surface area contributed by atoms with Crippen molar-refractivity contribution in [1.29, 1.82) is 0 Å². The van der Waals surface area contributed by atoms with E-state index in [1.54, 1.807) is 12.1 Å². The lowest BCUT2D eigenvalue weighted by molar-refractivity contribution is -0.123. The molecule has 0 bridgehead atoms. The van der Waals surface area contributed by atoms with Gasteiger partial charge in [-0.15, -0.1) is 0 Å². The topological polar surface area (TPSA) is 97.5 Å². The summed E-state index contributed by atoms with van der Waals surface area (Å²) in [6, 6.07) is 4.79. The van der Waals surface area contributed by atoms with Gasteiger partial charge in [0.05, 0.1) is 10.8 Å². The molecule has 1 aromatic rings. The number of primary amides is 1. The highest BCUT2D eigenvalue weighted by Crippen LogP contribution is 2.29. The van der Waals surface area contributed by atoms with Gasteiger partial charge < -0.3 is 5.73 Å². The molecular weight excluding hydrogens is 328 g/mol. The minimum atomic E-state index is -3.74. The van der Waals surface area contributed by atoms with Crippen LogP contribution in [0.15, 0.2) is 23.1 Å². The third-order valence-electron chi connectivity index (χ3n) is 4.90. The molecule has 2 aliphatic rings. The van der Waals surface area contributed by atoms with Crippen molar-refractivity contribution in [2.45, 2.75) is 37.5 Å². The molecule has 1 amide bonds. The molecule has 0 radical (unpaired) electrons. The first-order valence-corrected chi connectivity index (χ1v) is 9.68. The van der Waals surface area contributed by atoms with Gasteiger partial charge in [0.2, 0.25) is 15.9 Å². The van der Waals surface area contributed by atoms with Crippen molar-refractivity contribution in [3.05, 3.63) is 29.3 Å². The Morgan fingerprint density at radius 1 is 1.25 bits per heavy atom. The van der Waals surface area contributed by atoms with Gasteiger partial charge in [0.15, 0.2) is 5.78 Å².